The number of ether oxygens (including phenoxy) is 1. The first-order valence-corrected chi connectivity index (χ1v) is 9.46. The molecule has 0 aliphatic rings. The summed E-state index contributed by atoms with van der Waals surface area (Å²) in [6, 6.07) is 20.4. The molecule has 0 bridgehead atoms. The fourth-order valence-electron chi connectivity index (χ4n) is 2.88. The number of carbonyl (C=O) groups excluding carboxylic acids is 1. The maximum absolute atomic E-state index is 14.4. The molecule has 3 heteroatoms. The van der Waals surface area contributed by atoms with Gasteiger partial charge in [-0.25, -0.2) is 9.18 Å². The second-order valence-corrected chi connectivity index (χ2v) is 6.54. The van der Waals surface area contributed by atoms with Crippen LogP contribution in [0.2, 0.25) is 0 Å². The van der Waals surface area contributed by atoms with Crippen LogP contribution in [0.15, 0.2) is 72.8 Å². The Hall–Kier alpha value is -3.20. The molecule has 0 amide bonds. The largest absolute Gasteiger partial charge is 0.423 e. The van der Waals surface area contributed by atoms with E-state index in [9.17, 15) is 9.18 Å². The molecule has 142 valence electrons. The van der Waals surface area contributed by atoms with Crippen LogP contribution in [-0.4, -0.2) is 5.97 Å². The SMILES string of the molecule is CCc1ccc(OC(=O)/C=C/c2ccc(-c3ccc(CC)cc3)cc2F)cc1. The zero-order chi connectivity index (χ0) is 19.9. The first kappa shape index (κ1) is 19.6. The van der Waals surface area contributed by atoms with E-state index in [-0.39, 0.29) is 5.82 Å². The maximum Gasteiger partial charge on any atom is 0.336 e. The van der Waals surface area contributed by atoms with Gasteiger partial charge in [-0.05, 0) is 59.4 Å². The summed E-state index contributed by atoms with van der Waals surface area (Å²) in [5, 5.41) is 0. The van der Waals surface area contributed by atoms with Gasteiger partial charge in [-0.3, -0.25) is 0 Å². The van der Waals surface area contributed by atoms with Crippen LogP contribution in [0.1, 0.15) is 30.5 Å². The molecule has 0 heterocycles. The van der Waals surface area contributed by atoms with E-state index in [1.54, 1.807) is 18.2 Å². The topological polar surface area (TPSA) is 26.3 Å². The quantitative estimate of drug-likeness (QED) is 0.290. The number of hydrogen-bond acceptors (Lipinski definition) is 2. The van der Waals surface area contributed by atoms with Crippen LogP contribution in [0, 0.1) is 5.82 Å². The number of benzene rings is 3. The number of rotatable bonds is 6. The van der Waals surface area contributed by atoms with Crippen molar-refractivity contribution in [2.45, 2.75) is 26.7 Å². The standard InChI is InChI=1S/C25H23FO2/c1-3-18-5-9-20(10-6-18)22-12-11-21(24(26)17-22)13-16-25(27)28-23-14-7-19(4-2)8-15-23/h5-17H,3-4H2,1-2H3/b16-13+. The molecule has 28 heavy (non-hydrogen) atoms. The van der Waals surface area contributed by atoms with E-state index in [0.717, 1.165) is 24.0 Å². The predicted molar refractivity (Wildman–Crippen MR) is 112 cm³/mol. The minimum Gasteiger partial charge on any atom is -0.423 e. The Morgan fingerprint density at radius 3 is 2.00 bits per heavy atom. The molecule has 2 nitrogen and oxygen atoms in total. The summed E-state index contributed by atoms with van der Waals surface area (Å²) in [6.07, 6.45) is 4.56. The van der Waals surface area contributed by atoms with Gasteiger partial charge in [0.05, 0.1) is 0 Å². The van der Waals surface area contributed by atoms with Gasteiger partial charge in [0.1, 0.15) is 11.6 Å². The van der Waals surface area contributed by atoms with E-state index in [0.29, 0.717) is 11.3 Å². The Labute approximate surface area is 165 Å². The Balaban J connectivity index is 1.68. The molecular weight excluding hydrogens is 351 g/mol. The summed E-state index contributed by atoms with van der Waals surface area (Å²) >= 11 is 0. The minimum atomic E-state index is -0.539. The van der Waals surface area contributed by atoms with Crippen LogP contribution in [0.3, 0.4) is 0 Å². The molecule has 0 radical (unpaired) electrons. The summed E-state index contributed by atoms with van der Waals surface area (Å²) in [5.41, 5.74) is 4.51. The van der Waals surface area contributed by atoms with Crippen LogP contribution in [0.4, 0.5) is 4.39 Å². The van der Waals surface area contributed by atoms with E-state index in [1.807, 2.05) is 42.5 Å². The van der Waals surface area contributed by atoms with Gasteiger partial charge in [-0.2, -0.15) is 0 Å². The van der Waals surface area contributed by atoms with Crippen LogP contribution < -0.4 is 4.74 Å². The molecule has 3 aromatic rings. The van der Waals surface area contributed by atoms with Crippen molar-refractivity contribution in [1.82, 2.24) is 0 Å². The van der Waals surface area contributed by atoms with E-state index in [4.69, 9.17) is 4.74 Å². The van der Waals surface area contributed by atoms with Crippen molar-refractivity contribution < 1.29 is 13.9 Å². The smallest absolute Gasteiger partial charge is 0.336 e. The van der Waals surface area contributed by atoms with Crippen molar-refractivity contribution in [3.8, 4) is 16.9 Å². The summed E-state index contributed by atoms with van der Waals surface area (Å²) in [7, 11) is 0. The first-order chi connectivity index (χ1) is 13.6. The first-order valence-electron chi connectivity index (χ1n) is 9.46. The molecule has 0 aromatic heterocycles. The van der Waals surface area contributed by atoms with Crippen molar-refractivity contribution in [3.05, 3.63) is 95.3 Å². The number of esters is 1. The molecule has 0 saturated heterocycles. The van der Waals surface area contributed by atoms with Gasteiger partial charge < -0.3 is 4.74 Å². The summed E-state index contributed by atoms with van der Waals surface area (Å²) in [5.74, 6) is -0.450. The third-order valence-corrected chi connectivity index (χ3v) is 4.64. The third-order valence-electron chi connectivity index (χ3n) is 4.64. The lowest BCUT2D eigenvalue weighted by Crippen LogP contribution is -2.03. The lowest BCUT2D eigenvalue weighted by Gasteiger charge is -2.05. The van der Waals surface area contributed by atoms with Gasteiger partial charge in [0, 0.05) is 11.6 Å². The van der Waals surface area contributed by atoms with Crippen LogP contribution >= 0.6 is 0 Å². The monoisotopic (exact) mass is 374 g/mol. The molecule has 0 fully saturated rings. The zero-order valence-corrected chi connectivity index (χ0v) is 16.1. The summed E-state index contributed by atoms with van der Waals surface area (Å²) in [6.45, 7) is 4.16. The summed E-state index contributed by atoms with van der Waals surface area (Å²) < 4.78 is 19.7. The van der Waals surface area contributed by atoms with E-state index in [2.05, 4.69) is 13.8 Å². The predicted octanol–water partition coefficient (Wildman–Crippen LogP) is 6.24. The second kappa shape index (κ2) is 9.14. The van der Waals surface area contributed by atoms with Crippen LogP contribution in [0.5, 0.6) is 5.75 Å². The van der Waals surface area contributed by atoms with Crippen molar-refractivity contribution in [2.24, 2.45) is 0 Å². The number of hydrogen-bond donors (Lipinski definition) is 0. The molecule has 3 rings (SSSR count). The third kappa shape index (κ3) is 4.95. The Kier molecular flexibility index (Phi) is 6.38. The van der Waals surface area contributed by atoms with Gasteiger partial charge in [0.25, 0.3) is 0 Å². The molecule has 0 N–H and O–H groups in total. The Morgan fingerprint density at radius 2 is 1.43 bits per heavy atom. The number of halogens is 1. The highest BCUT2D eigenvalue weighted by Gasteiger charge is 2.05. The molecule has 0 aliphatic carbocycles. The van der Waals surface area contributed by atoms with E-state index in [1.165, 1.54) is 29.3 Å². The Morgan fingerprint density at radius 1 is 0.857 bits per heavy atom. The van der Waals surface area contributed by atoms with E-state index >= 15 is 0 Å². The van der Waals surface area contributed by atoms with Crippen LogP contribution in [-0.2, 0) is 17.6 Å². The maximum atomic E-state index is 14.4. The highest BCUT2D eigenvalue weighted by Crippen LogP contribution is 2.23. The molecule has 0 unspecified atom stereocenters. The lowest BCUT2D eigenvalue weighted by molar-refractivity contribution is -0.128. The average Bonchev–Trinajstić information content (AvgIpc) is 2.73. The lowest BCUT2D eigenvalue weighted by atomic mass is 10.0. The van der Waals surface area contributed by atoms with Crippen molar-refractivity contribution in [2.75, 3.05) is 0 Å². The average molecular weight is 374 g/mol. The fourth-order valence-corrected chi connectivity index (χ4v) is 2.88. The summed E-state index contributed by atoms with van der Waals surface area (Å²) in [4.78, 5) is 12.0. The van der Waals surface area contributed by atoms with E-state index < -0.39 is 5.97 Å². The molecule has 3 aromatic carbocycles. The molecule has 0 saturated carbocycles. The van der Waals surface area contributed by atoms with Gasteiger partial charge in [0.15, 0.2) is 0 Å². The van der Waals surface area contributed by atoms with Crippen LogP contribution in [0.25, 0.3) is 17.2 Å². The van der Waals surface area contributed by atoms with Crippen molar-refractivity contribution in [1.29, 1.82) is 0 Å². The van der Waals surface area contributed by atoms with Crippen molar-refractivity contribution in [3.63, 3.8) is 0 Å². The fraction of sp³-hybridized carbons (Fsp3) is 0.160. The minimum absolute atomic E-state index is 0.340. The van der Waals surface area contributed by atoms with Gasteiger partial charge in [-0.15, -0.1) is 0 Å². The van der Waals surface area contributed by atoms with Crippen molar-refractivity contribution >= 4 is 12.0 Å². The normalized spacial score (nSPS) is 11.0. The molecule has 0 spiro atoms. The zero-order valence-electron chi connectivity index (χ0n) is 16.1. The van der Waals surface area contributed by atoms with Gasteiger partial charge in [0.2, 0.25) is 0 Å². The molecule has 0 aliphatic heterocycles. The molecule has 0 atom stereocenters. The highest BCUT2D eigenvalue weighted by molar-refractivity contribution is 5.88. The van der Waals surface area contributed by atoms with Gasteiger partial charge >= 0.3 is 5.97 Å². The number of carbonyl (C=O) groups is 1. The number of aryl methyl sites for hydroxylation is 2. The Bertz CT molecular complexity index is 970. The molecular formula is C25H23FO2. The second-order valence-electron chi connectivity index (χ2n) is 6.54. The highest BCUT2D eigenvalue weighted by atomic mass is 19.1. The van der Waals surface area contributed by atoms with Gasteiger partial charge in [-0.1, -0.05) is 62.4 Å².